The van der Waals surface area contributed by atoms with Crippen LogP contribution in [0.1, 0.15) is 35.5 Å². The number of hydrogen-bond donors (Lipinski definition) is 2. The van der Waals surface area contributed by atoms with Gasteiger partial charge in [0, 0.05) is 11.9 Å². The Balaban J connectivity index is 1.34. The highest BCUT2D eigenvalue weighted by atomic mass is 16.5. The minimum absolute atomic E-state index is 0.0335. The Kier molecular flexibility index (Phi) is 4.91. The molecular weight excluding hydrogens is 342 g/mol. The zero-order chi connectivity index (χ0) is 18.6. The van der Waals surface area contributed by atoms with Crippen molar-refractivity contribution < 1.29 is 9.53 Å². The maximum Gasteiger partial charge on any atom is 0.226 e. The summed E-state index contributed by atoms with van der Waals surface area (Å²) in [6.07, 6.45) is 6.60. The monoisotopic (exact) mass is 365 g/mol. The van der Waals surface area contributed by atoms with Crippen LogP contribution in [0.2, 0.25) is 0 Å². The zero-order valence-electron chi connectivity index (χ0n) is 15.4. The first-order valence-corrected chi connectivity index (χ1v) is 9.23. The van der Waals surface area contributed by atoms with Gasteiger partial charge in [-0.25, -0.2) is 4.68 Å². The number of hydrogen-bond acceptors (Lipinski definition) is 4. The van der Waals surface area contributed by atoms with Crippen molar-refractivity contribution in [3.8, 4) is 11.4 Å². The Morgan fingerprint density at radius 3 is 2.85 bits per heavy atom. The van der Waals surface area contributed by atoms with Crippen molar-refractivity contribution in [1.29, 1.82) is 0 Å². The van der Waals surface area contributed by atoms with E-state index in [2.05, 4.69) is 20.6 Å². The molecule has 7 heteroatoms. The van der Waals surface area contributed by atoms with Gasteiger partial charge in [0.25, 0.3) is 0 Å². The third kappa shape index (κ3) is 3.86. The fourth-order valence-corrected chi connectivity index (χ4v) is 3.43. The molecule has 1 aliphatic carbocycles. The normalized spacial score (nSPS) is 13.2. The first kappa shape index (κ1) is 17.3. The Hall–Kier alpha value is -3.09. The van der Waals surface area contributed by atoms with Crippen molar-refractivity contribution in [2.75, 3.05) is 7.11 Å². The highest BCUT2D eigenvalue weighted by molar-refractivity contribution is 5.78. The summed E-state index contributed by atoms with van der Waals surface area (Å²) in [5.41, 5.74) is 5.06. The van der Waals surface area contributed by atoms with E-state index in [9.17, 15) is 4.79 Å². The predicted octanol–water partition coefficient (Wildman–Crippen LogP) is 2.34. The molecule has 2 heterocycles. The molecule has 0 atom stereocenters. The highest BCUT2D eigenvalue weighted by Crippen LogP contribution is 2.22. The SMILES string of the molecule is COc1ccc(-n2ccc(CNC(=O)Cc3n[nH]c4c3CCCC4)n2)cc1. The number of methoxy groups -OCH3 is 1. The smallest absolute Gasteiger partial charge is 0.226 e. The molecule has 1 aromatic carbocycles. The van der Waals surface area contributed by atoms with Crippen molar-refractivity contribution in [3.63, 3.8) is 0 Å². The molecular formula is C20H23N5O2. The van der Waals surface area contributed by atoms with E-state index < -0.39 is 0 Å². The van der Waals surface area contributed by atoms with Gasteiger partial charge in [-0.3, -0.25) is 9.89 Å². The van der Waals surface area contributed by atoms with Crippen molar-refractivity contribution in [2.45, 2.75) is 38.6 Å². The summed E-state index contributed by atoms with van der Waals surface area (Å²) < 4.78 is 6.95. The standard InChI is InChI=1S/C20H23N5O2/c1-27-16-8-6-15(7-9-16)25-11-10-14(24-25)13-21-20(26)12-19-17-4-2-3-5-18(17)22-23-19/h6-11H,2-5,12-13H2,1H3,(H,21,26)(H,22,23). The van der Waals surface area contributed by atoms with E-state index in [1.54, 1.807) is 11.8 Å². The van der Waals surface area contributed by atoms with Gasteiger partial charge in [0.15, 0.2) is 0 Å². The molecule has 0 fully saturated rings. The molecule has 3 aromatic rings. The summed E-state index contributed by atoms with van der Waals surface area (Å²) in [5, 5.41) is 14.9. The van der Waals surface area contributed by atoms with Crippen LogP contribution < -0.4 is 10.1 Å². The third-order valence-corrected chi connectivity index (χ3v) is 4.92. The molecule has 0 radical (unpaired) electrons. The van der Waals surface area contributed by atoms with Crippen molar-refractivity contribution in [1.82, 2.24) is 25.3 Å². The summed E-state index contributed by atoms with van der Waals surface area (Å²) >= 11 is 0. The predicted molar refractivity (Wildman–Crippen MR) is 101 cm³/mol. The van der Waals surface area contributed by atoms with Crippen LogP contribution in [0.15, 0.2) is 36.5 Å². The van der Waals surface area contributed by atoms with Crippen LogP contribution in [0.25, 0.3) is 5.69 Å². The number of amides is 1. The number of benzene rings is 1. The molecule has 1 aliphatic rings. The average Bonchev–Trinajstić information content (AvgIpc) is 3.34. The van der Waals surface area contributed by atoms with E-state index in [-0.39, 0.29) is 5.91 Å². The summed E-state index contributed by atoms with van der Waals surface area (Å²) in [6, 6.07) is 9.57. The number of aromatic nitrogens is 4. The van der Waals surface area contributed by atoms with Crippen molar-refractivity contribution >= 4 is 5.91 Å². The van der Waals surface area contributed by atoms with E-state index in [0.717, 1.165) is 35.7 Å². The lowest BCUT2D eigenvalue weighted by Crippen LogP contribution is -2.25. The molecule has 0 saturated heterocycles. The maximum absolute atomic E-state index is 12.3. The lowest BCUT2D eigenvalue weighted by atomic mass is 9.95. The van der Waals surface area contributed by atoms with Gasteiger partial charge in [0.2, 0.25) is 5.91 Å². The van der Waals surface area contributed by atoms with E-state index in [1.807, 2.05) is 36.5 Å². The molecule has 4 rings (SSSR count). The van der Waals surface area contributed by atoms with E-state index in [4.69, 9.17) is 4.74 Å². The van der Waals surface area contributed by atoms with Gasteiger partial charge in [-0.15, -0.1) is 0 Å². The summed E-state index contributed by atoms with van der Waals surface area (Å²) in [4.78, 5) is 12.3. The minimum atomic E-state index is -0.0335. The van der Waals surface area contributed by atoms with Crippen LogP contribution in [0.4, 0.5) is 0 Å². The van der Waals surface area contributed by atoms with Crippen LogP contribution in [-0.2, 0) is 30.6 Å². The van der Waals surface area contributed by atoms with Gasteiger partial charge in [-0.05, 0) is 61.6 Å². The number of nitrogens with zero attached hydrogens (tertiary/aromatic N) is 3. The maximum atomic E-state index is 12.3. The molecule has 2 N–H and O–H groups in total. The van der Waals surface area contributed by atoms with Gasteiger partial charge in [0.05, 0.1) is 37.2 Å². The molecule has 27 heavy (non-hydrogen) atoms. The Morgan fingerprint density at radius 2 is 2.04 bits per heavy atom. The number of aromatic amines is 1. The number of ether oxygens (including phenoxy) is 1. The lowest BCUT2D eigenvalue weighted by molar-refractivity contribution is -0.120. The second kappa shape index (κ2) is 7.65. The Bertz CT molecular complexity index is 926. The number of aryl methyl sites for hydroxylation is 1. The van der Waals surface area contributed by atoms with E-state index in [1.165, 1.54) is 24.1 Å². The van der Waals surface area contributed by atoms with Crippen molar-refractivity contribution in [2.24, 2.45) is 0 Å². The summed E-state index contributed by atoms with van der Waals surface area (Å²) in [7, 11) is 1.64. The fraction of sp³-hybridized carbons (Fsp3) is 0.350. The molecule has 0 unspecified atom stereocenters. The lowest BCUT2D eigenvalue weighted by Gasteiger charge is -2.11. The number of fused-ring (bicyclic) bond motifs is 1. The number of carbonyl (C=O) groups is 1. The molecule has 0 bridgehead atoms. The third-order valence-electron chi connectivity index (χ3n) is 4.92. The molecule has 140 valence electrons. The number of nitrogens with one attached hydrogen (secondary N) is 2. The zero-order valence-corrected chi connectivity index (χ0v) is 15.4. The van der Waals surface area contributed by atoms with Gasteiger partial charge in [0.1, 0.15) is 5.75 Å². The second-order valence-electron chi connectivity index (χ2n) is 6.74. The van der Waals surface area contributed by atoms with E-state index in [0.29, 0.717) is 13.0 Å². The first-order valence-electron chi connectivity index (χ1n) is 9.23. The number of carbonyl (C=O) groups excluding carboxylic acids is 1. The largest absolute Gasteiger partial charge is 0.497 e. The topological polar surface area (TPSA) is 84.8 Å². The van der Waals surface area contributed by atoms with Crippen molar-refractivity contribution in [3.05, 3.63) is 59.2 Å². The summed E-state index contributed by atoms with van der Waals surface area (Å²) in [6.45, 7) is 0.397. The Labute approximate surface area is 157 Å². The van der Waals surface area contributed by atoms with Gasteiger partial charge in [-0.1, -0.05) is 0 Å². The quantitative estimate of drug-likeness (QED) is 0.702. The van der Waals surface area contributed by atoms with Gasteiger partial charge >= 0.3 is 0 Å². The fourth-order valence-electron chi connectivity index (χ4n) is 3.43. The van der Waals surface area contributed by atoms with Gasteiger partial charge in [-0.2, -0.15) is 10.2 Å². The molecule has 1 amide bonds. The number of H-pyrrole nitrogens is 1. The van der Waals surface area contributed by atoms with Gasteiger partial charge < -0.3 is 10.1 Å². The molecule has 0 saturated carbocycles. The molecule has 0 spiro atoms. The van der Waals surface area contributed by atoms with E-state index >= 15 is 0 Å². The van der Waals surface area contributed by atoms with Crippen LogP contribution in [0, 0.1) is 0 Å². The first-order chi connectivity index (χ1) is 13.2. The summed E-state index contributed by atoms with van der Waals surface area (Å²) in [5.74, 6) is 0.771. The Morgan fingerprint density at radius 1 is 1.22 bits per heavy atom. The number of rotatable bonds is 6. The molecule has 7 nitrogen and oxygen atoms in total. The molecule has 0 aliphatic heterocycles. The highest BCUT2D eigenvalue weighted by Gasteiger charge is 2.18. The van der Waals surface area contributed by atoms with Crippen LogP contribution in [0.5, 0.6) is 5.75 Å². The second-order valence-corrected chi connectivity index (χ2v) is 6.74. The van der Waals surface area contributed by atoms with Crippen LogP contribution >= 0.6 is 0 Å². The average molecular weight is 365 g/mol. The van der Waals surface area contributed by atoms with Crippen LogP contribution in [-0.4, -0.2) is 33.0 Å². The van der Waals surface area contributed by atoms with Crippen LogP contribution in [0.3, 0.4) is 0 Å². The molecule has 2 aromatic heterocycles. The minimum Gasteiger partial charge on any atom is -0.497 e.